The molecule has 1 unspecified atom stereocenters. The lowest BCUT2D eigenvalue weighted by molar-refractivity contribution is -0.119. The Balaban J connectivity index is 1.23. The van der Waals surface area contributed by atoms with Gasteiger partial charge in [0.1, 0.15) is 15.7 Å². The van der Waals surface area contributed by atoms with E-state index in [0.29, 0.717) is 55.1 Å². The van der Waals surface area contributed by atoms with E-state index >= 15 is 0 Å². The lowest BCUT2D eigenvalue weighted by Gasteiger charge is -2.43. The minimum absolute atomic E-state index is 0.0299. The van der Waals surface area contributed by atoms with Crippen LogP contribution in [-0.4, -0.2) is 57.9 Å². The summed E-state index contributed by atoms with van der Waals surface area (Å²) in [6, 6.07) is 19.2. The number of allylic oxidation sites excluding steroid dienone is 1. The second kappa shape index (κ2) is 16.2. The van der Waals surface area contributed by atoms with Crippen LogP contribution in [0.25, 0.3) is 10.9 Å². The number of rotatable bonds is 5. The van der Waals surface area contributed by atoms with Crippen LogP contribution in [0, 0.1) is 11.8 Å². The molecule has 7 rings (SSSR count). The van der Waals surface area contributed by atoms with Crippen molar-refractivity contribution in [1.82, 2.24) is 14.5 Å². The number of methoxy groups -OCH3 is 1. The van der Waals surface area contributed by atoms with Crippen LogP contribution in [0.1, 0.15) is 66.4 Å². The maximum atomic E-state index is 14.4. The van der Waals surface area contributed by atoms with Crippen LogP contribution < -0.4 is 14.4 Å². The number of aromatic nitrogens is 2. The van der Waals surface area contributed by atoms with Crippen molar-refractivity contribution in [2.45, 2.75) is 70.6 Å². The van der Waals surface area contributed by atoms with Crippen LogP contribution in [0.15, 0.2) is 83.4 Å². The first-order valence-electron chi connectivity index (χ1n) is 18.3. The van der Waals surface area contributed by atoms with Gasteiger partial charge in [0.15, 0.2) is 0 Å². The van der Waals surface area contributed by atoms with E-state index in [0.717, 1.165) is 55.2 Å². The van der Waals surface area contributed by atoms with Crippen molar-refractivity contribution in [2.24, 2.45) is 16.2 Å². The number of carbonyl (C=O) groups excluding carboxylic acids is 2. The van der Waals surface area contributed by atoms with Gasteiger partial charge in [-0.25, -0.2) is 4.21 Å². The first-order chi connectivity index (χ1) is 25.3. The number of carbonyl (C=O) groups is 2. The van der Waals surface area contributed by atoms with E-state index in [1.165, 1.54) is 11.1 Å². The number of aryl methyl sites for hydroxylation is 2. The maximum Gasteiger partial charge on any atom is 0.286 e. The zero-order valence-electron chi connectivity index (χ0n) is 29.5. The lowest BCUT2D eigenvalue weighted by atomic mass is 9.70. The highest BCUT2D eigenvalue weighted by Crippen LogP contribution is 2.42. The molecule has 3 aliphatic rings. The molecule has 1 N–H and O–H groups in total. The number of halogens is 1. The van der Waals surface area contributed by atoms with Crippen LogP contribution >= 0.6 is 11.6 Å². The fourth-order valence-corrected chi connectivity index (χ4v) is 9.38. The molecule has 274 valence electrons. The Morgan fingerprint density at radius 1 is 1.08 bits per heavy atom. The summed E-state index contributed by atoms with van der Waals surface area (Å²) in [5, 5.41) is 6.09. The number of ether oxygens (including phenoxy) is 2. The molecule has 1 aliphatic carbocycles. The summed E-state index contributed by atoms with van der Waals surface area (Å²) in [5.41, 5.74) is 4.37. The van der Waals surface area contributed by atoms with Crippen molar-refractivity contribution >= 4 is 49.9 Å². The molecule has 2 bridgehead atoms. The van der Waals surface area contributed by atoms with Gasteiger partial charge in [0.05, 0.1) is 42.4 Å². The summed E-state index contributed by atoms with van der Waals surface area (Å²) in [6.45, 7) is 2.17. The van der Waals surface area contributed by atoms with Crippen molar-refractivity contribution < 1.29 is 23.3 Å². The molecule has 4 atom stereocenters. The van der Waals surface area contributed by atoms with E-state index in [2.05, 4.69) is 43.4 Å². The van der Waals surface area contributed by atoms with E-state index < -0.39 is 21.7 Å². The quantitative estimate of drug-likeness (QED) is 0.210. The summed E-state index contributed by atoms with van der Waals surface area (Å²) >= 11 is 6.47. The van der Waals surface area contributed by atoms with Crippen LogP contribution in [0.3, 0.4) is 0 Å². The predicted octanol–water partition coefficient (Wildman–Crippen LogP) is 7.53. The molecule has 0 radical (unpaired) electrons. The highest BCUT2D eigenvalue weighted by Gasteiger charge is 2.38. The number of para-hydroxylation sites is 1. The van der Waals surface area contributed by atoms with Gasteiger partial charge in [-0.3, -0.25) is 19.0 Å². The molecular weight excluding hydrogens is 698 g/mol. The van der Waals surface area contributed by atoms with Gasteiger partial charge in [-0.2, -0.15) is 5.10 Å². The molecule has 10 nitrogen and oxygen atoms in total. The molecule has 0 spiro atoms. The Morgan fingerprint density at radius 3 is 2.81 bits per heavy atom. The van der Waals surface area contributed by atoms with Gasteiger partial charge in [0.2, 0.25) is 5.91 Å². The summed E-state index contributed by atoms with van der Waals surface area (Å²) < 4.78 is 35.4. The van der Waals surface area contributed by atoms with Crippen molar-refractivity contribution in [3.63, 3.8) is 0 Å². The molecule has 2 aliphatic heterocycles. The molecule has 2 amide bonds. The third-order valence-electron chi connectivity index (χ3n) is 10.5. The Kier molecular flexibility index (Phi) is 11.3. The van der Waals surface area contributed by atoms with Gasteiger partial charge in [0, 0.05) is 42.6 Å². The van der Waals surface area contributed by atoms with Crippen molar-refractivity contribution in [3.05, 3.63) is 101 Å². The minimum atomic E-state index is -3.46. The van der Waals surface area contributed by atoms with Crippen molar-refractivity contribution in [2.75, 3.05) is 30.9 Å². The van der Waals surface area contributed by atoms with E-state index in [1.54, 1.807) is 24.1 Å². The first kappa shape index (κ1) is 36.2. The number of amides is 2. The van der Waals surface area contributed by atoms with Gasteiger partial charge in [0.25, 0.3) is 5.91 Å². The van der Waals surface area contributed by atoms with Gasteiger partial charge < -0.3 is 14.4 Å². The molecule has 3 aromatic carbocycles. The topological polar surface area (TPSA) is 115 Å². The minimum Gasteiger partial charge on any atom is -0.491 e. The zero-order valence-corrected chi connectivity index (χ0v) is 31.1. The molecule has 3 heterocycles. The van der Waals surface area contributed by atoms with Crippen LogP contribution in [-0.2, 0) is 39.0 Å². The van der Waals surface area contributed by atoms with Gasteiger partial charge in [-0.15, -0.1) is 4.36 Å². The third-order valence-corrected chi connectivity index (χ3v) is 12.6. The number of hydrogen-bond donors (Lipinski definition) is 1. The Morgan fingerprint density at radius 2 is 1.96 bits per heavy atom. The lowest BCUT2D eigenvalue weighted by Crippen LogP contribution is -2.43. The average Bonchev–Trinajstić information content (AvgIpc) is 3.53. The van der Waals surface area contributed by atoms with E-state index in [1.807, 2.05) is 42.5 Å². The van der Waals surface area contributed by atoms with Crippen LogP contribution in [0.5, 0.6) is 5.75 Å². The average molecular weight is 744 g/mol. The highest BCUT2D eigenvalue weighted by molar-refractivity contribution is 7.92. The molecule has 0 saturated heterocycles. The fourth-order valence-electron chi connectivity index (χ4n) is 7.56. The van der Waals surface area contributed by atoms with Crippen molar-refractivity contribution in [1.29, 1.82) is 0 Å². The predicted molar refractivity (Wildman–Crippen MR) is 205 cm³/mol. The largest absolute Gasteiger partial charge is 0.491 e. The monoisotopic (exact) mass is 743 g/mol. The standard InChI is InChI=1S/C40H46ClN5O5S/c1-50-37-12-3-2-8-22-52(49,43-39(47)19-20-46-35-11-5-4-10-30(35)25-42-46)44-40(48)29-15-18-38-36(24-29)45(27-32-14-17-34(32)37)26-31-13-16-33(41)23-28(31)9-6-7-21-51-38/h3-5,10-13,15-16,18,23-25,32,34,37H,2,6-9,14,17,19-22,26-27H2,1H3,(H,43,44,47,48,49)/b12-3+/t32-,34+,37-,52?/m0/s1. The third kappa shape index (κ3) is 8.37. The van der Waals surface area contributed by atoms with Crippen molar-refractivity contribution in [3.8, 4) is 5.75 Å². The molecule has 4 aromatic rings. The zero-order chi connectivity index (χ0) is 36.1. The normalized spacial score (nSPS) is 24.6. The Bertz CT molecular complexity index is 2090. The second-order valence-electron chi connectivity index (χ2n) is 14.0. The molecule has 1 fully saturated rings. The summed E-state index contributed by atoms with van der Waals surface area (Å²) in [5.74, 6) is 0.320. The number of nitrogens with one attached hydrogen (secondary N) is 1. The summed E-state index contributed by atoms with van der Waals surface area (Å²) in [6.07, 6.45) is 11.8. The summed E-state index contributed by atoms with van der Waals surface area (Å²) in [7, 11) is -1.70. The van der Waals surface area contributed by atoms with Crippen LogP contribution in [0.4, 0.5) is 5.69 Å². The number of anilines is 1. The molecule has 12 heteroatoms. The Labute approximate surface area is 310 Å². The number of benzene rings is 3. The highest BCUT2D eigenvalue weighted by atomic mass is 35.5. The van der Waals surface area contributed by atoms with Gasteiger partial charge in [-0.05, 0) is 104 Å². The van der Waals surface area contributed by atoms with E-state index in [9.17, 15) is 13.8 Å². The first-order valence-corrected chi connectivity index (χ1v) is 20.3. The number of nitrogens with zero attached hydrogens (tertiary/aromatic N) is 4. The second-order valence-corrected chi connectivity index (χ2v) is 16.5. The smallest absolute Gasteiger partial charge is 0.286 e. The molecule has 1 saturated carbocycles. The van der Waals surface area contributed by atoms with Gasteiger partial charge in [-0.1, -0.05) is 48.0 Å². The SMILES string of the molecule is CO[C@H]1/C=C/CCCS(=O)(NC(=O)CCn2ncc3ccccc32)=NC(=O)c2ccc3c(c2)N(Cc2ccc(Cl)cc2CCCCO3)C[C@@H]2CC[C@H]21. The van der Waals surface area contributed by atoms with E-state index in [4.69, 9.17) is 21.1 Å². The molecule has 1 aromatic heterocycles. The number of hydrogen-bond acceptors (Lipinski definition) is 7. The summed E-state index contributed by atoms with van der Waals surface area (Å²) in [4.78, 5) is 29.5. The van der Waals surface area contributed by atoms with Gasteiger partial charge >= 0.3 is 0 Å². The number of fused-ring (bicyclic) bond motifs is 4. The van der Waals surface area contributed by atoms with Crippen LogP contribution in [0.2, 0.25) is 5.02 Å². The molecule has 52 heavy (non-hydrogen) atoms. The molecular formula is C40H46ClN5O5S. The van der Waals surface area contributed by atoms with E-state index in [-0.39, 0.29) is 23.8 Å². The Hall–Kier alpha value is -4.19. The maximum absolute atomic E-state index is 14.4. The fraction of sp³-hybridized carbons (Fsp3) is 0.425.